The number of aromatic nitrogens is 4. The van der Waals surface area contributed by atoms with Gasteiger partial charge in [-0.3, -0.25) is 0 Å². The first-order valence-corrected chi connectivity index (χ1v) is 9.19. The van der Waals surface area contributed by atoms with E-state index in [-0.39, 0.29) is 21.7 Å². The molecule has 2 heterocycles. The molecule has 6 rings (SSSR count). The average Bonchev–Trinajstić information content (AvgIpc) is 3.54. The van der Waals surface area contributed by atoms with Crippen LogP contribution in [0.1, 0.15) is 0 Å². The fourth-order valence-corrected chi connectivity index (χ4v) is 3.49. The van der Waals surface area contributed by atoms with Crippen molar-refractivity contribution < 1.29 is 21.7 Å². The molecule has 29 heavy (non-hydrogen) atoms. The summed E-state index contributed by atoms with van der Waals surface area (Å²) in [5, 5.41) is 13.5. The normalized spacial score (nSPS) is 10.5. The summed E-state index contributed by atoms with van der Waals surface area (Å²) >= 11 is 0. The van der Waals surface area contributed by atoms with Crippen molar-refractivity contribution >= 4 is 21.5 Å². The van der Waals surface area contributed by atoms with Gasteiger partial charge < -0.3 is 9.36 Å². The molecule has 0 aliphatic carbocycles. The van der Waals surface area contributed by atoms with Crippen molar-refractivity contribution in [2.75, 3.05) is 0 Å². The van der Waals surface area contributed by atoms with E-state index in [4.69, 9.17) is 0 Å². The van der Waals surface area contributed by atoms with E-state index in [0.717, 1.165) is 11.4 Å². The van der Waals surface area contributed by atoms with Crippen molar-refractivity contribution in [1.82, 2.24) is 19.6 Å². The zero-order valence-corrected chi connectivity index (χ0v) is 17.2. The van der Waals surface area contributed by atoms with Crippen LogP contribution in [0.3, 0.4) is 0 Å². The number of hydrogen-bond donors (Lipinski definition) is 0. The average molecular weight is 410 g/mol. The molecule has 0 aliphatic heterocycles. The summed E-state index contributed by atoms with van der Waals surface area (Å²) in [5.74, 6) is 0. The fourth-order valence-electron chi connectivity index (χ4n) is 3.49. The summed E-state index contributed by atoms with van der Waals surface area (Å²) in [5.41, 5.74) is 2.29. The van der Waals surface area contributed by atoms with Gasteiger partial charge in [0.05, 0.1) is 0 Å². The molecule has 0 unspecified atom stereocenters. The molecule has 2 aromatic heterocycles. The first kappa shape index (κ1) is 19.1. The van der Waals surface area contributed by atoms with Crippen LogP contribution >= 0.6 is 0 Å². The Kier molecular flexibility index (Phi) is 5.56. The molecule has 0 amide bonds. The van der Waals surface area contributed by atoms with E-state index < -0.39 is 0 Å². The van der Waals surface area contributed by atoms with Crippen LogP contribution in [0, 0.1) is 0 Å². The quantitative estimate of drug-likeness (QED) is 0.280. The Morgan fingerprint density at radius 2 is 1.00 bits per heavy atom. The van der Waals surface area contributed by atoms with Crippen molar-refractivity contribution in [1.29, 1.82) is 0 Å². The minimum absolute atomic E-state index is 0. The molecule has 138 valence electrons. The summed E-state index contributed by atoms with van der Waals surface area (Å²) in [6.45, 7) is 0. The Balaban J connectivity index is 0.000000137. The van der Waals surface area contributed by atoms with Gasteiger partial charge >= 0.3 is 21.7 Å². The van der Waals surface area contributed by atoms with E-state index in [1.165, 1.54) is 21.5 Å². The summed E-state index contributed by atoms with van der Waals surface area (Å²) in [4.78, 5) is 0. The minimum Gasteiger partial charge on any atom is -0.304 e. The van der Waals surface area contributed by atoms with Gasteiger partial charge in [0, 0.05) is 12.4 Å². The van der Waals surface area contributed by atoms with Crippen molar-refractivity contribution in [3.63, 3.8) is 0 Å². The van der Waals surface area contributed by atoms with Crippen LogP contribution in [-0.4, -0.2) is 19.6 Å². The molecule has 0 aliphatic rings. The van der Waals surface area contributed by atoms with Crippen molar-refractivity contribution in [2.45, 2.75) is 0 Å². The third-order valence-corrected chi connectivity index (χ3v) is 4.82. The van der Waals surface area contributed by atoms with Gasteiger partial charge in [-0.15, -0.1) is 47.2 Å². The maximum Gasteiger partial charge on any atom is 2.00 e. The molecule has 0 bridgehead atoms. The van der Waals surface area contributed by atoms with Gasteiger partial charge in [0.25, 0.3) is 0 Å². The molecule has 0 saturated carbocycles. The maximum absolute atomic E-state index is 4.23. The molecule has 0 spiro atoms. The van der Waals surface area contributed by atoms with Crippen LogP contribution in [-0.2, 0) is 21.7 Å². The molecule has 5 heteroatoms. The van der Waals surface area contributed by atoms with Crippen molar-refractivity contribution in [3.8, 4) is 11.4 Å². The zero-order valence-electron chi connectivity index (χ0n) is 15.7. The zero-order chi connectivity index (χ0) is 18.8. The Labute approximate surface area is 183 Å². The minimum atomic E-state index is 0. The molecule has 0 atom stereocenters. The van der Waals surface area contributed by atoms with Gasteiger partial charge in [-0.2, -0.15) is 10.2 Å². The van der Waals surface area contributed by atoms with Crippen LogP contribution in [0.2, 0.25) is 0 Å². The third-order valence-electron chi connectivity index (χ3n) is 4.82. The molecule has 0 N–H and O–H groups in total. The van der Waals surface area contributed by atoms with Crippen LogP contribution in [0.4, 0.5) is 0 Å². The number of hydrogen-bond acceptors (Lipinski definition) is 2. The number of nitrogens with zero attached hydrogens (tertiary/aromatic N) is 4. The van der Waals surface area contributed by atoms with Crippen LogP contribution in [0.5, 0.6) is 0 Å². The molecular formula is C24H18N4Ti. The predicted molar refractivity (Wildman–Crippen MR) is 113 cm³/mol. The Morgan fingerprint density at radius 3 is 1.41 bits per heavy atom. The summed E-state index contributed by atoms with van der Waals surface area (Å²) in [6, 6.07) is 29.0. The molecule has 4 nitrogen and oxygen atoms in total. The smallest absolute Gasteiger partial charge is 0.304 e. The summed E-state index contributed by atoms with van der Waals surface area (Å²) in [7, 11) is 0. The van der Waals surface area contributed by atoms with Gasteiger partial charge in [-0.05, 0) is 23.8 Å². The van der Waals surface area contributed by atoms with Gasteiger partial charge in [0.15, 0.2) is 0 Å². The Bertz CT molecular complexity index is 1200. The molecule has 0 saturated heterocycles. The topological polar surface area (TPSA) is 35.6 Å². The Morgan fingerprint density at radius 1 is 0.552 bits per heavy atom. The van der Waals surface area contributed by atoms with E-state index in [9.17, 15) is 0 Å². The number of rotatable bonds is 2. The van der Waals surface area contributed by atoms with Gasteiger partial charge in [-0.1, -0.05) is 59.3 Å². The van der Waals surface area contributed by atoms with Crippen LogP contribution < -0.4 is 0 Å². The second kappa shape index (κ2) is 8.44. The van der Waals surface area contributed by atoms with Gasteiger partial charge in [0.1, 0.15) is 0 Å². The first-order valence-electron chi connectivity index (χ1n) is 9.19. The van der Waals surface area contributed by atoms with Crippen LogP contribution in [0.15, 0.2) is 110 Å². The second-order valence-corrected chi connectivity index (χ2v) is 6.51. The molecule has 6 aromatic rings. The molecular weight excluding hydrogens is 392 g/mol. The number of fused-ring (bicyclic) bond motifs is 2. The molecule has 0 fully saturated rings. The first-order chi connectivity index (χ1) is 13.9. The van der Waals surface area contributed by atoms with E-state index in [2.05, 4.69) is 83.0 Å². The maximum atomic E-state index is 4.23. The van der Waals surface area contributed by atoms with E-state index in [1.807, 2.05) is 33.9 Å². The SMILES string of the molecule is [Ti+2].c1ccc2c(c1)cc[c-]2-n1cccn1.c1ccc2c(c1)cc[c-]2-n1cccn1. The monoisotopic (exact) mass is 410 g/mol. The summed E-state index contributed by atoms with van der Waals surface area (Å²) < 4.78 is 3.78. The van der Waals surface area contributed by atoms with Gasteiger partial charge in [-0.25, -0.2) is 0 Å². The van der Waals surface area contributed by atoms with E-state index in [0.29, 0.717) is 0 Å². The third kappa shape index (κ3) is 3.73. The predicted octanol–water partition coefficient (Wildman–Crippen LogP) is 5.49. The molecule has 4 aromatic carbocycles. The molecule has 0 radical (unpaired) electrons. The Hall–Kier alpha value is -3.21. The standard InChI is InChI=1S/2C12H9N2.Ti/c2*1-2-5-11-10(4-1)6-7-12(11)14-9-3-8-13-14;/h2*1-9H;/q2*-1;+2. The fraction of sp³-hybridized carbons (Fsp3) is 0. The van der Waals surface area contributed by atoms with Gasteiger partial charge in [0.2, 0.25) is 0 Å². The number of benzene rings is 2. The van der Waals surface area contributed by atoms with Crippen molar-refractivity contribution in [3.05, 3.63) is 110 Å². The second-order valence-electron chi connectivity index (χ2n) is 6.51. The van der Waals surface area contributed by atoms with Crippen molar-refractivity contribution in [2.24, 2.45) is 0 Å². The van der Waals surface area contributed by atoms with E-state index >= 15 is 0 Å². The summed E-state index contributed by atoms with van der Waals surface area (Å²) in [6.07, 6.45) is 7.51. The largest absolute Gasteiger partial charge is 2.00 e. The van der Waals surface area contributed by atoms with E-state index in [1.54, 1.807) is 12.4 Å². The van der Waals surface area contributed by atoms with Crippen LogP contribution in [0.25, 0.3) is 32.9 Å².